The highest BCUT2D eigenvalue weighted by Gasteiger charge is 2.28. The third kappa shape index (κ3) is 6.75. The molecule has 1 saturated heterocycles. The maximum atomic E-state index is 9.67. The van der Waals surface area contributed by atoms with Gasteiger partial charge < -0.3 is 25.2 Å². The van der Waals surface area contributed by atoms with Crippen LogP contribution in [0.4, 0.5) is 5.69 Å². The first-order chi connectivity index (χ1) is 14.1. The molecule has 1 fully saturated rings. The minimum atomic E-state index is -0.114. The summed E-state index contributed by atoms with van der Waals surface area (Å²) >= 11 is 11.3. The van der Waals surface area contributed by atoms with Crippen molar-refractivity contribution >= 4 is 34.6 Å². The summed E-state index contributed by atoms with van der Waals surface area (Å²) in [6.45, 7) is 2.61. The van der Waals surface area contributed by atoms with Gasteiger partial charge in [0, 0.05) is 36.4 Å². The number of aliphatic hydroxyl groups is 1. The van der Waals surface area contributed by atoms with Crippen LogP contribution in [-0.4, -0.2) is 60.6 Å². The van der Waals surface area contributed by atoms with Gasteiger partial charge in [-0.05, 0) is 55.0 Å². The van der Waals surface area contributed by atoms with Gasteiger partial charge in [-0.1, -0.05) is 17.7 Å². The number of ether oxygens (including phenoxy) is 2. The van der Waals surface area contributed by atoms with Gasteiger partial charge in [0.25, 0.3) is 0 Å². The van der Waals surface area contributed by atoms with Crippen LogP contribution in [0, 0.1) is 0 Å². The summed E-state index contributed by atoms with van der Waals surface area (Å²) in [6, 6.07) is 14.8. The van der Waals surface area contributed by atoms with Crippen molar-refractivity contribution < 1.29 is 14.6 Å². The molecule has 1 atom stereocenters. The Balaban J connectivity index is 1.36. The van der Waals surface area contributed by atoms with Gasteiger partial charge in [0.15, 0.2) is 5.11 Å². The molecule has 3 N–H and O–H groups in total. The molecule has 0 saturated carbocycles. The van der Waals surface area contributed by atoms with Crippen LogP contribution in [0.2, 0.25) is 5.02 Å². The molecule has 2 aromatic rings. The third-order valence-corrected chi connectivity index (χ3v) is 5.19. The summed E-state index contributed by atoms with van der Waals surface area (Å²) in [5.74, 6) is 1.59. The molecule has 2 aromatic carbocycles. The number of aliphatic hydroxyl groups excluding tert-OH is 1. The molecule has 0 amide bonds. The van der Waals surface area contributed by atoms with Crippen molar-refractivity contribution in [3.63, 3.8) is 0 Å². The molecule has 156 valence electrons. The second-order valence-electron chi connectivity index (χ2n) is 6.95. The first kappa shape index (κ1) is 21.6. The van der Waals surface area contributed by atoms with Crippen LogP contribution < -0.4 is 20.1 Å². The first-order valence-electron chi connectivity index (χ1n) is 9.52. The molecule has 3 rings (SSSR count). The zero-order chi connectivity index (χ0) is 20.6. The van der Waals surface area contributed by atoms with Crippen molar-refractivity contribution in [3.05, 3.63) is 53.6 Å². The molecule has 1 aliphatic heterocycles. The molecule has 0 unspecified atom stereocenters. The molecule has 0 spiro atoms. The Kier molecular flexibility index (Phi) is 7.94. The Morgan fingerprint density at radius 1 is 1.24 bits per heavy atom. The number of methoxy groups -OCH3 is 1. The Morgan fingerprint density at radius 2 is 2.00 bits per heavy atom. The fraction of sp³-hybridized carbons (Fsp3) is 0.381. The van der Waals surface area contributed by atoms with Crippen LogP contribution in [0.3, 0.4) is 0 Å². The van der Waals surface area contributed by atoms with Crippen molar-refractivity contribution in [2.75, 3.05) is 38.7 Å². The molecule has 1 aliphatic rings. The lowest BCUT2D eigenvalue weighted by Gasteiger charge is -2.39. The maximum absolute atomic E-state index is 9.67. The Hall–Kier alpha value is -2.06. The smallest absolute Gasteiger partial charge is 0.171 e. The zero-order valence-corrected chi connectivity index (χ0v) is 17.9. The van der Waals surface area contributed by atoms with Gasteiger partial charge in [-0.25, -0.2) is 0 Å². The SMILES string of the molecule is COc1cccc(NC(=S)N[C@H](CO)CCN2CC(Oc3ccc(Cl)cc3)C2)c1. The van der Waals surface area contributed by atoms with Crippen LogP contribution in [-0.2, 0) is 0 Å². The number of hydrogen-bond donors (Lipinski definition) is 3. The van der Waals surface area contributed by atoms with Crippen molar-refractivity contribution in [3.8, 4) is 11.5 Å². The van der Waals surface area contributed by atoms with E-state index in [0.29, 0.717) is 10.1 Å². The Labute approximate surface area is 181 Å². The number of hydrogen-bond acceptors (Lipinski definition) is 5. The van der Waals surface area contributed by atoms with Gasteiger partial charge in [0.2, 0.25) is 0 Å². The van der Waals surface area contributed by atoms with E-state index in [9.17, 15) is 5.11 Å². The highest BCUT2D eigenvalue weighted by atomic mass is 35.5. The van der Waals surface area contributed by atoms with Crippen molar-refractivity contribution in [1.29, 1.82) is 0 Å². The highest BCUT2D eigenvalue weighted by Crippen LogP contribution is 2.21. The first-order valence-corrected chi connectivity index (χ1v) is 10.3. The number of likely N-dealkylation sites (tertiary alicyclic amines) is 1. The van der Waals surface area contributed by atoms with Crippen LogP contribution in [0.5, 0.6) is 11.5 Å². The fourth-order valence-corrected chi connectivity index (χ4v) is 3.50. The van der Waals surface area contributed by atoms with Crippen molar-refractivity contribution in [2.45, 2.75) is 18.6 Å². The molecular weight excluding hydrogens is 410 g/mol. The maximum Gasteiger partial charge on any atom is 0.171 e. The minimum Gasteiger partial charge on any atom is -0.497 e. The van der Waals surface area contributed by atoms with E-state index in [4.69, 9.17) is 33.3 Å². The molecule has 0 radical (unpaired) electrons. The summed E-state index contributed by atoms with van der Waals surface area (Å²) in [7, 11) is 1.62. The van der Waals surface area contributed by atoms with E-state index >= 15 is 0 Å². The monoisotopic (exact) mass is 435 g/mol. The molecule has 8 heteroatoms. The summed E-state index contributed by atoms with van der Waals surface area (Å²) < 4.78 is 11.1. The molecule has 1 heterocycles. The molecule has 29 heavy (non-hydrogen) atoms. The van der Waals surface area contributed by atoms with E-state index in [0.717, 1.165) is 43.2 Å². The standard InChI is InChI=1S/C21H26ClN3O3S/c1-27-19-4-2-3-16(11-19)23-21(29)24-17(14-26)9-10-25-12-20(13-25)28-18-7-5-15(22)6-8-18/h2-8,11,17,20,26H,9-10,12-14H2,1H3,(H2,23,24,29)/t17-/m0/s1. The lowest BCUT2D eigenvalue weighted by Crippen LogP contribution is -2.55. The van der Waals surface area contributed by atoms with E-state index in [1.807, 2.05) is 48.5 Å². The van der Waals surface area contributed by atoms with Crippen molar-refractivity contribution in [1.82, 2.24) is 10.2 Å². The number of nitrogens with zero attached hydrogens (tertiary/aromatic N) is 1. The number of rotatable bonds is 9. The highest BCUT2D eigenvalue weighted by molar-refractivity contribution is 7.80. The molecular formula is C21H26ClN3O3S. The average Bonchev–Trinajstić information content (AvgIpc) is 2.70. The Morgan fingerprint density at radius 3 is 2.69 bits per heavy atom. The number of nitrogens with one attached hydrogen (secondary N) is 2. The summed E-state index contributed by atoms with van der Waals surface area (Å²) in [5, 5.41) is 17.1. The summed E-state index contributed by atoms with van der Waals surface area (Å²) in [5.41, 5.74) is 0.837. The topological polar surface area (TPSA) is 66.0 Å². The third-order valence-electron chi connectivity index (χ3n) is 4.72. The van der Waals surface area contributed by atoms with Crippen LogP contribution in [0.1, 0.15) is 6.42 Å². The lowest BCUT2D eigenvalue weighted by atomic mass is 10.1. The van der Waals surface area contributed by atoms with Gasteiger partial charge in [0.1, 0.15) is 17.6 Å². The van der Waals surface area contributed by atoms with Gasteiger partial charge in [-0.2, -0.15) is 0 Å². The number of halogens is 1. The minimum absolute atomic E-state index is 0.0124. The fourth-order valence-electron chi connectivity index (χ4n) is 3.09. The second-order valence-corrected chi connectivity index (χ2v) is 7.80. The van der Waals surface area contributed by atoms with E-state index in [2.05, 4.69) is 15.5 Å². The Bertz CT molecular complexity index is 800. The molecule has 0 bridgehead atoms. The second kappa shape index (κ2) is 10.6. The van der Waals surface area contributed by atoms with Crippen LogP contribution in [0.25, 0.3) is 0 Å². The quantitative estimate of drug-likeness (QED) is 0.523. The zero-order valence-electron chi connectivity index (χ0n) is 16.3. The average molecular weight is 436 g/mol. The van der Waals surface area contributed by atoms with Crippen molar-refractivity contribution in [2.24, 2.45) is 0 Å². The van der Waals surface area contributed by atoms with Gasteiger partial charge in [0.05, 0.1) is 19.8 Å². The number of anilines is 1. The predicted octanol–water partition coefficient (Wildman–Crippen LogP) is 3.15. The van der Waals surface area contributed by atoms with Gasteiger partial charge in [-0.3, -0.25) is 4.90 Å². The molecule has 0 aliphatic carbocycles. The lowest BCUT2D eigenvalue weighted by molar-refractivity contribution is 0.0170. The largest absolute Gasteiger partial charge is 0.497 e. The molecule has 6 nitrogen and oxygen atoms in total. The molecule has 0 aromatic heterocycles. The van der Waals surface area contributed by atoms with Gasteiger partial charge >= 0.3 is 0 Å². The van der Waals surface area contributed by atoms with E-state index in [1.54, 1.807) is 7.11 Å². The normalized spacial score (nSPS) is 15.3. The van der Waals surface area contributed by atoms with E-state index in [1.165, 1.54) is 0 Å². The van der Waals surface area contributed by atoms with Gasteiger partial charge in [-0.15, -0.1) is 0 Å². The number of benzene rings is 2. The predicted molar refractivity (Wildman–Crippen MR) is 120 cm³/mol. The number of thiocarbonyl (C=S) groups is 1. The summed E-state index contributed by atoms with van der Waals surface area (Å²) in [4.78, 5) is 2.30. The van der Waals surface area contributed by atoms with E-state index < -0.39 is 0 Å². The van der Waals surface area contributed by atoms with Crippen LogP contribution >= 0.6 is 23.8 Å². The van der Waals surface area contributed by atoms with E-state index in [-0.39, 0.29) is 18.8 Å². The van der Waals surface area contributed by atoms with Crippen LogP contribution in [0.15, 0.2) is 48.5 Å². The summed E-state index contributed by atoms with van der Waals surface area (Å²) in [6.07, 6.45) is 0.969.